The number of aromatic nitrogens is 3. The summed E-state index contributed by atoms with van der Waals surface area (Å²) in [4.78, 5) is 32.2. The van der Waals surface area contributed by atoms with Crippen molar-refractivity contribution in [1.29, 1.82) is 0 Å². The molecule has 25 heavy (non-hydrogen) atoms. The first-order valence-electron chi connectivity index (χ1n) is 9.54. The quantitative estimate of drug-likeness (QED) is 0.860. The first kappa shape index (κ1) is 16.4. The predicted molar refractivity (Wildman–Crippen MR) is 96.4 cm³/mol. The summed E-state index contributed by atoms with van der Waals surface area (Å²) in [7, 11) is 0. The molecule has 1 saturated heterocycles. The molecule has 0 spiro atoms. The molecule has 2 fully saturated rings. The van der Waals surface area contributed by atoms with E-state index in [9.17, 15) is 9.59 Å². The number of hydrogen-bond donors (Lipinski definition) is 0. The lowest BCUT2D eigenvalue weighted by Gasteiger charge is -2.44. The van der Waals surface area contributed by atoms with Crippen LogP contribution in [0.1, 0.15) is 45.4 Å². The van der Waals surface area contributed by atoms with Gasteiger partial charge in [0.05, 0.1) is 5.52 Å². The molecule has 4 rings (SSSR count). The average molecular weight is 342 g/mol. The maximum absolute atomic E-state index is 13.1. The number of aryl methyl sites for hydroxylation is 1. The van der Waals surface area contributed by atoms with Gasteiger partial charge in [-0.05, 0) is 50.7 Å². The molecule has 1 amide bonds. The minimum Gasteiger partial charge on any atom is -0.338 e. The van der Waals surface area contributed by atoms with E-state index in [2.05, 4.69) is 9.88 Å². The number of fused-ring (bicyclic) bond motifs is 2. The van der Waals surface area contributed by atoms with Crippen molar-refractivity contribution < 1.29 is 4.79 Å². The Kier molecular flexibility index (Phi) is 4.36. The molecule has 1 saturated carbocycles. The van der Waals surface area contributed by atoms with Gasteiger partial charge in [-0.2, -0.15) is 0 Å². The Morgan fingerprint density at radius 3 is 2.84 bits per heavy atom. The zero-order valence-corrected chi connectivity index (χ0v) is 14.9. The Morgan fingerprint density at radius 2 is 2.00 bits per heavy atom. The summed E-state index contributed by atoms with van der Waals surface area (Å²) in [6, 6.07) is 4.08. The van der Waals surface area contributed by atoms with Crippen LogP contribution in [0.4, 0.5) is 0 Å². The van der Waals surface area contributed by atoms with Gasteiger partial charge in [0.15, 0.2) is 5.65 Å². The van der Waals surface area contributed by atoms with Gasteiger partial charge in [-0.1, -0.05) is 12.8 Å². The van der Waals surface area contributed by atoms with Gasteiger partial charge in [0, 0.05) is 25.3 Å². The van der Waals surface area contributed by atoms with Gasteiger partial charge in [-0.15, -0.1) is 0 Å². The average Bonchev–Trinajstić information content (AvgIpc) is 2.92. The van der Waals surface area contributed by atoms with Crippen molar-refractivity contribution in [2.45, 2.75) is 64.6 Å². The van der Waals surface area contributed by atoms with E-state index in [1.807, 2.05) is 19.1 Å². The third kappa shape index (κ3) is 2.77. The highest BCUT2D eigenvalue weighted by Gasteiger charge is 2.35. The van der Waals surface area contributed by atoms with Crippen LogP contribution in [0.3, 0.4) is 0 Å². The molecule has 2 aromatic heterocycles. The molecule has 1 aliphatic heterocycles. The summed E-state index contributed by atoms with van der Waals surface area (Å²) in [5, 5.41) is 0. The van der Waals surface area contributed by atoms with E-state index in [4.69, 9.17) is 0 Å². The smallest absolute Gasteiger partial charge is 0.330 e. The van der Waals surface area contributed by atoms with Crippen LogP contribution in [0.15, 0.2) is 23.1 Å². The Labute approximate surface area is 147 Å². The zero-order chi connectivity index (χ0) is 17.4. The largest absolute Gasteiger partial charge is 0.338 e. The second-order valence-corrected chi connectivity index (χ2v) is 7.30. The minimum absolute atomic E-state index is 0.0812. The molecule has 0 radical (unpaired) electrons. The van der Waals surface area contributed by atoms with Crippen LogP contribution < -0.4 is 5.69 Å². The monoisotopic (exact) mass is 342 g/mol. The highest BCUT2D eigenvalue weighted by atomic mass is 16.2. The molecule has 2 aromatic rings. The fraction of sp³-hybridized carbons (Fsp3) is 0.632. The molecule has 134 valence electrons. The predicted octanol–water partition coefficient (Wildman–Crippen LogP) is 2.40. The molecule has 0 bridgehead atoms. The van der Waals surface area contributed by atoms with Crippen molar-refractivity contribution in [3.63, 3.8) is 0 Å². The number of carbonyl (C=O) groups excluding carboxylic acids is 1. The first-order valence-corrected chi connectivity index (χ1v) is 9.54. The summed E-state index contributed by atoms with van der Waals surface area (Å²) in [5.74, 6) is 0.736. The molecule has 0 unspecified atom stereocenters. The van der Waals surface area contributed by atoms with E-state index < -0.39 is 0 Å². The van der Waals surface area contributed by atoms with Crippen LogP contribution in [0.5, 0.6) is 0 Å². The van der Waals surface area contributed by atoms with Crippen LogP contribution in [0.25, 0.3) is 11.2 Å². The zero-order valence-electron chi connectivity index (χ0n) is 14.9. The highest BCUT2D eigenvalue weighted by Crippen LogP contribution is 2.35. The molecule has 0 N–H and O–H groups in total. The Hall–Kier alpha value is -2.11. The number of nitrogens with zero attached hydrogens (tertiary/aromatic N) is 4. The lowest BCUT2D eigenvalue weighted by molar-refractivity contribution is -0.138. The van der Waals surface area contributed by atoms with E-state index in [1.165, 1.54) is 25.7 Å². The molecular weight excluding hydrogens is 316 g/mol. The van der Waals surface area contributed by atoms with Crippen LogP contribution in [-0.4, -0.2) is 37.5 Å². The fourth-order valence-electron chi connectivity index (χ4n) is 4.74. The number of rotatable bonds is 3. The molecule has 1 aliphatic carbocycles. The first-order chi connectivity index (χ1) is 12.2. The van der Waals surface area contributed by atoms with E-state index in [0.717, 1.165) is 24.9 Å². The van der Waals surface area contributed by atoms with E-state index in [0.29, 0.717) is 24.2 Å². The fourth-order valence-corrected chi connectivity index (χ4v) is 4.74. The number of piperidine rings is 1. The standard InChI is InChI=1S/C19H26N4O2/c1-2-21-18-16(10-5-11-20-18)23(19(21)25)13-17(24)22-12-6-8-14-7-3-4-9-15(14)22/h5,10-11,14-15H,2-4,6-9,12-13H2,1H3/t14-,15+/m1/s1. The van der Waals surface area contributed by atoms with E-state index in [1.54, 1.807) is 15.3 Å². The van der Waals surface area contributed by atoms with Crippen LogP contribution in [0, 0.1) is 5.92 Å². The van der Waals surface area contributed by atoms with Crippen molar-refractivity contribution in [2.24, 2.45) is 5.92 Å². The summed E-state index contributed by atoms with van der Waals surface area (Å²) in [6.07, 6.45) is 8.88. The maximum atomic E-state index is 13.1. The third-order valence-corrected chi connectivity index (χ3v) is 5.95. The summed E-state index contributed by atoms with van der Waals surface area (Å²) < 4.78 is 3.24. The molecular formula is C19H26N4O2. The van der Waals surface area contributed by atoms with Gasteiger partial charge >= 0.3 is 5.69 Å². The van der Waals surface area contributed by atoms with Gasteiger partial charge in [0.1, 0.15) is 6.54 Å². The molecule has 2 atom stereocenters. The minimum atomic E-state index is -0.137. The number of pyridine rings is 1. The lowest BCUT2D eigenvalue weighted by atomic mass is 9.78. The lowest BCUT2D eigenvalue weighted by Crippen LogP contribution is -2.51. The van der Waals surface area contributed by atoms with Crippen LogP contribution in [0.2, 0.25) is 0 Å². The molecule has 0 aromatic carbocycles. The number of amides is 1. The summed E-state index contributed by atoms with van der Waals surface area (Å²) >= 11 is 0. The molecule has 3 heterocycles. The van der Waals surface area contributed by atoms with Gasteiger partial charge < -0.3 is 4.90 Å². The molecule has 6 heteroatoms. The maximum Gasteiger partial charge on any atom is 0.330 e. The number of carbonyl (C=O) groups is 1. The number of imidazole rings is 1. The second-order valence-electron chi connectivity index (χ2n) is 7.30. The Bertz CT molecular complexity index is 836. The van der Waals surface area contributed by atoms with Gasteiger partial charge in [0.25, 0.3) is 0 Å². The summed E-state index contributed by atoms with van der Waals surface area (Å²) in [5.41, 5.74) is 1.28. The van der Waals surface area contributed by atoms with Gasteiger partial charge in [-0.25, -0.2) is 9.78 Å². The topological polar surface area (TPSA) is 60.1 Å². The number of likely N-dealkylation sites (tertiary alicyclic amines) is 1. The van der Waals surface area contributed by atoms with E-state index in [-0.39, 0.29) is 18.1 Å². The normalized spacial score (nSPS) is 23.6. The van der Waals surface area contributed by atoms with Gasteiger partial charge in [0.2, 0.25) is 5.91 Å². The highest BCUT2D eigenvalue weighted by molar-refractivity contribution is 5.79. The van der Waals surface area contributed by atoms with Crippen molar-refractivity contribution in [1.82, 2.24) is 19.0 Å². The van der Waals surface area contributed by atoms with Crippen molar-refractivity contribution in [2.75, 3.05) is 6.54 Å². The summed E-state index contributed by atoms with van der Waals surface area (Å²) in [6.45, 7) is 3.44. The molecule has 6 nitrogen and oxygen atoms in total. The van der Waals surface area contributed by atoms with Gasteiger partial charge in [-0.3, -0.25) is 13.9 Å². The van der Waals surface area contributed by atoms with Crippen molar-refractivity contribution in [3.8, 4) is 0 Å². The third-order valence-electron chi connectivity index (χ3n) is 5.95. The SMILES string of the molecule is CCn1c(=O)n(CC(=O)N2CCC[C@H]3CCCC[C@@H]32)c2cccnc21. The Morgan fingerprint density at radius 1 is 1.20 bits per heavy atom. The number of hydrogen-bond acceptors (Lipinski definition) is 3. The van der Waals surface area contributed by atoms with Crippen LogP contribution >= 0.6 is 0 Å². The van der Waals surface area contributed by atoms with Crippen molar-refractivity contribution in [3.05, 3.63) is 28.8 Å². The van der Waals surface area contributed by atoms with Crippen LogP contribution in [-0.2, 0) is 17.9 Å². The Balaban J connectivity index is 1.64. The molecule has 2 aliphatic rings. The van der Waals surface area contributed by atoms with E-state index >= 15 is 0 Å². The van der Waals surface area contributed by atoms with Crippen molar-refractivity contribution >= 4 is 17.1 Å². The second kappa shape index (κ2) is 6.65.